The molecule has 4 rings (SSSR count). The van der Waals surface area contributed by atoms with Gasteiger partial charge in [0.15, 0.2) is 11.5 Å². The molecule has 17 heteroatoms. The number of rotatable bonds is 4. The van der Waals surface area contributed by atoms with Gasteiger partial charge in [-0.05, 0) is 267 Å². The highest BCUT2D eigenvalue weighted by molar-refractivity contribution is 9.17. The molecule has 0 aliphatic carbocycles. The molecule has 0 spiro atoms. The number of hydrogen-bond donors (Lipinski definition) is 0. The zero-order chi connectivity index (χ0) is 30.8. The van der Waals surface area contributed by atoms with E-state index in [0.717, 1.165) is 93.8 Å². The summed E-state index contributed by atoms with van der Waals surface area (Å²) in [5.41, 5.74) is 3.55. The zero-order valence-corrected chi connectivity index (χ0v) is 44.0. The van der Waals surface area contributed by atoms with E-state index in [1.807, 2.05) is 12.1 Å². The van der Waals surface area contributed by atoms with Crippen LogP contribution in [-0.4, -0.2) is 0 Å². The van der Waals surface area contributed by atoms with Crippen LogP contribution in [0.2, 0.25) is 0 Å². The quantitative estimate of drug-likeness (QED) is 0.146. The van der Waals surface area contributed by atoms with Crippen molar-refractivity contribution in [1.29, 1.82) is 0 Å². The molecule has 0 N–H and O–H groups in total. The molecular weight excluding hydrogens is 1580 g/mol. The lowest BCUT2D eigenvalue weighted by Crippen LogP contribution is -1.97. The third kappa shape index (κ3) is 7.31. The van der Waals surface area contributed by atoms with E-state index in [1.165, 1.54) is 0 Å². The third-order valence-corrected chi connectivity index (χ3v) is 23.0. The largest absolute Gasteiger partial charge is 0.452 e. The first-order valence-corrected chi connectivity index (χ1v) is 22.8. The van der Waals surface area contributed by atoms with Crippen molar-refractivity contribution in [1.82, 2.24) is 0 Å². The smallest absolute Gasteiger partial charge is 0.157 e. The van der Waals surface area contributed by atoms with Crippen molar-refractivity contribution < 1.29 is 4.74 Å². The van der Waals surface area contributed by atoms with Gasteiger partial charge in [0.1, 0.15) is 0 Å². The fourth-order valence-corrected chi connectivity index (χ4v) is 13.8. The molecule has 41 heavy (non-hydrogen) atoms. The van der Waals surface area contributed by atoms with Crippen molar-refractivity contribution in [3.8, 4) is 33.8 Å². The fourth-order valence-electron chi connectivity index (χ4n) is 3.49. The van der Waals surface area contributed by atoms with Crippen LogP contribution in [0.4, 0.5) is 0 Å². The molecule has 0 bridgehead atoms. The standard InChI is InChI=1S/C24H2Br16O/c25-5-1-3(7-13(31)17(35)21(39)18(36)14(7)32)9(27)23(11(5)29)41-24-10(28)4(2-6(26)12(24)30)8-15(33)19(37)22(40)20(38)16(8)34/h1-2H. The van der Waals surface area contributed by atoms with Gasteiger partial charge >= 0.3 is 0 Å². The summed E-state index contributed by atoms with van der Waals surface area (Å²) in [4.78, 5) is 0. The van der Waals surface area contributed by atoms with Gasteiger partial charge in [0.05, 0.1) is 17.9 Å². The van der Waals surface area contributed by atoms with E-state index in [0.29, 0.717) is 11.5 Å². The molecule has 0 saturated carbocycles. The molecule has 0 heterocycles. The number of hydrogen-bond acceptors (Lipinski definition) is 1. The molecule has 0 fully saturated rings. The molecule has 0 saturated heterocycles. The highest BCUT2D eigenvalue weighted by Gasteiger charge is 2.28. The molecule has 0 amide bonds. The average molecular weight is 1580 g/mol. The van der Waals surface area contributed by atoms with Crippen molar-refractivity contribution in [3.63, 3.8) is 0 Å². The molecular formula is C24H2Br16O. The maximum Gasteiger partial charge on any atom is 0.157 e. The summed E-state index contributed by atoms with van der Waals surface area (Å²) < 4.78 is 19.9. The van der Waals surface area contributed by atoms with Gasteiger partial charge in [0, 0.05) is 75.9 Å². The maximum atomic E-state index is 6.74. The molecule has 0 unspecified atom stereocenters. The van der Waals surface area contributed by atoms with Crippen LogP contribution in [0.5, 0.6) is 11.5 Å². The third-order valence-electron chi connectivity index (χ3n) is 5.39. The molecule has 0 radical (unpaired) electrons. The Morgan fingerprint density at radius 1 is 0.293 bits per heavy atom. The first kappa shape index (κ1) is 38.2. The van der Waals surface area contributed by atoms with Gasteiger partial charge in [-0.3, -0.25) is 0 Å². The summed E-state index contributed by atoms with van der Waals surface area (Å²) in [6.07, 6.45) is 0. The summed E-state index contributed by atoms with van der Waals surface area (Å²) >= 11 is 59.6. The minimum Gasteiger partial charge on any atom is -0.452 e. The Bertz CT molecular complexity index is 1590. The maximum absolute atomic E-state index is 6.74. The molecule has 4 aromatic rings. The Morgan fingerprint density at radius 3 is 0.805 bits per heavy atom. The summed E-state index contributed by atoms with van der Waals surface area (Å²) in [5, 5.41) is 0. The summed E-state index contributed by atoms with van der Waals surface area (Å²) in [6.45, 7) is 0. The lowest BCUT2D eigenvalue weighted by molar-refractivity contribution is 0.470. The Balaban J connectivity index is 2.01. The van der Waals surface area contributed by atoms with Crippen LogP contribution in [0.3, 0.4) is 0 Å². The van der Waals surface area contributed by atoms with E-state index in [-0.39, 0.29) is 0 Å². The van der Waals surface area contributed by atoms with Crippen molar-refractivity contribution in [3.05, 3.63) is 83.7 Å². The van der Waals surface area contributed by atoms with Crippen LogP contribution in [0.15, 0.2) is 83.7 Å². The lowest BCUT2D eigenvalue weighted by atomic mass is 10.0. The van der Waals surface area contributed by atoms with Crippen molar-refractivity contribution in [2.45, 2.75) is 0 Å². The predicted molar refractivity (Wildman–Crippen MR) is 227 cm³/mol. The van der Waals surface area contributed by atoms with Gasteiger partial charge in [0.2, 0.25) is 0 Å². The van der Waals surface area contributed by atoms with E-state index in [2.05, 4.69) is 255 Å². The Labute approximate surface area is 370 Å². The van der Waals surface area contributed by atoms with E-state index in [1.54, 1.807) is 0 Å². The monoisotopic (exact) mass is 1570 g/mol. The summed E-state index contributed by atoms with van der Waals surface area (Å²) in [5.74, 6) is 1.12. The van der Waals surface area contributed by atoms with Crippen LogP contribution < -0.4 is 4.74 Å². The van der Waals surface area contributed by atoms with Crippen molar-refractivity contribution in [2.75, 3.05) is 0 Å². The second-order valence-electron chi connectivity index (χ2n) is 7.72. The van der Waals surface area contributed by atoms with Gasteiger partial charge in [-0.1, -0.05) is 0 Å². The highest BCUT2D eigenvalue weighted by Crippen LogP contribution is 2.57. The molecule has 216 valence electrons. The van der Waals surface area contributed by atoms with Crippen molar-refractivity contribution >= 4 is 255 Å². The van der Waals surface area contributed by atoms with E-state index >= 15 is 0 Å². The number of ether oxygens (including phenoxy) is 1. The SMILES string of the molecule is Brc1cc(-c2c(Br)c(Br)c(Br)c(Br)c2Br)c(Br)c(Oc2c(Br)c(Br)cc(-c3c(Br)c(Br)c(Br)c(Br)c3Br)c2Br)c1Br. The summed E-state index contributed by atoms with van der Waals surface area (Å²) in [6, 6.07) is 4.03. The predicted octanol–water partition coefficient (Wildman–Crippen LogP) is 19.0. The van der Waals surface area contributed by atoms with Crippen LogP contribution in [-0.2, 0) is 0 Å². The van der Waals surface area contributed by atoms with Crippen LogP contribution in [0.25, 0.3) is 22.3 Å². The molecule has 0 aliphatic rings. The van der Waals surface area contributed by atoms with Crippen LogP contribution in [0.1, 0.15) is 0 Å². The Kier molecular flexibility index (Phi) is 14.4. The molecule has 1 nitrogen and oxygen atoms in total. The Morgan fingerprint density at radius 2 is 0.537 bits per heavy atom. The van der Waals surface area contributed by atoms with Crippen molar-refractivity contribution in [2.24, 2.45) is 0 Å². The molecule has 4 aromatic carbocycles. The minimum absolute atomic E-state index is 0.560. The zero-order valence-electron chi connectivity index (χ0n) is 18.6. The second-order valence-corrected chi connectivity index (χ2v) is 20.5. The normalized spacial score (nSPS) is 11.4. The molecule has 0 aliphatic heterocycles. The van der Waals surface area contributed by atoms with E-state index in [9.17, 15) is 0 Å². The van der Waals surface area contributed by atoms with Gasteiger partial charge in [0.25, 0.3) is 0 Å². The number of benzene rings is 4. The summed E-state index contributed by atoms with van der Waals surface area (Å²) in [7, 11) is 0. The second kappa shape index (κ2) is 15.5. The van der Waals surface area contributed by atoms with Gasteiger partial charge in [-0.2, -0.15) is 0 Å². The lowest BCUT2D eigenvalue weighted by Gasteiger charge is -2.22. The number of halogens is 16. The van der Waals surface area contributed by atoms with Gasteiger partial charge in [-0.15, -0.1) is 0 Å². The van der Waals surface area contributed by atoms with E-state index < -0.39 is 0 Å². The molecule has 0 aromatic heterocycles. The Hall–Kier alpha value is 4.36. The first-order valence-electron chi connectivity index (χ1n) is 10.1. The topological polar surface area (TPSA) is 9.23 Å². The van der Waals surface area contributed by atoms with Crippen LogP contribution in [0, 0.1) is 0 Å². The highest BCUT2D eigenvalue weighted by atomic mass is 79.9. The minimum atomic E-state index is 0.560. The molecule has 0 atom stereocenters. The van der Waals surface area contributed by atoms with E-state index in [4.69, 9.17) is 4.74 Å². The average Bonchev–Trinajstić information content (AvgIpc) is 2.93. The van der Waals surface area contributed by atoms with Gasteiger partial charge in [-0.25, -0.2) is 0 Å². The van der Waals surface area contributed by atoms with Crippen LogP contribution >= 0.6 is 255 Å². The fraction of sp³-hybridized carbons (Fsp3) is 0. The first-order chi connectivity index (χ1) is 19.0. The van der Waals surface area contributed by atoms with Gasteiger partial charge < -0.3 is 4.74 Å².